The summed E-state index contributed by atoms with van der Waals surface area (Å²) in [5.74, 6) is 0. The van der Waals surface area contributed by atoms with Crippen LogP contribution in [0, 0.1) is 5.41 Å². The van der Waals surface area contributed by atoms with E-state index in [-0.39, 0.29) is 0 Å². The molecule has 46 valence electrons. The van der Waals surface area contributed by atoms with Gasteiger partial charge in [0.15, 0.2) is 0 Å². The minimum absolute atomic E-state index is 0.910. The van der Waals surface area contributed by atoms with E-state index >= 15 is 0 Å². The largest absolute Gasteiger partial charge is 0.404 e. The molecule has 0 aromatic rings. The van der Waals surface area contributed by atoms with Gasteiger partial charge in [-0.1, -0.05) is 13.3 Å². The van der Waals surface area contributed by atoms with Gasteiger partial charge in [0.1, 0.15) is 0 Å². The molecule has 2 heteroatoms. The maximum Gasteiger partial charge on any atom is 0.0224 e. The Morgan fingerprint density at radius 1 is 1.75 bits per heavy atom. The Kier molecular flexibility index (Phi) is 3.94. The van der Waals surface area contributed by atoms with Crippen molar-refractivity contribution in [2.75, 3.05) is 0 Å². The second kappa shape index (κ2) is 4.37. The van der Waals surface area contributed by atoms with Crippen molar-refractivity contribution in [1.82, 2.24) is 0 Å². The molecular weight excluding hydrogens is 100 g/mol. The van der Waals surface area contributed by atoms with Gasteiger partial charge in [0.05, 0.1) is 0 Å². The Bertz CT molecular complexity index is 94.7. The molecule has 0 bridgehead atoms. The quantitative estimate of drug-likeness (QED) is 0.531. The Labute approximate surface area is 49.9 Å². The lowest BCUT2D eigenvalue weighted by atomic mass is 10.2. The van der Waals surface area contributed by atoms with E-state index in [0.717, 1.165) is 18.4 Å². The van der Waals surface area contributed by atoms with Crippen LogP contribution in [0.4, 0.5) is 0 Å². The van der Waals surface area contributed by atoms with Crippen LogP contribution in [0.2, 0.25) is 0 Å². The zero-order valence-corrected chi connectivity index (χ0v) is 5.15. The standard InChI is InChI=1S/C6H12N2/c1-2-3-6(4-7)5-8/h4-5,7H,2-3,8H2,1H3/b6-5-,7-4?. The first-order valence-electron chi connectivity index (χ1n) is 2.76. The van der Waals surface area contributed by atoms with E-state index in [0.29, 0.717) is 0 Å². The summed E-state index contributed by atoms with van der Waals surface area (Å²) in [5.41, 5.74) is 6.07. The van der Waals surface area contributed by atoms with Gasteiger partial charge in [-0.05, 0) is 18.2 Å². The summed E-state index contributed by atoms with van der Waals surface area (Å²) >= 11 is 0. The minimum Gasteiger partial charge on any atom is -0.404 e. The van der Waals surface area contributed by atoms with E-state index < -0.39 is 0 Å². The number of hydrogen-bond acceptors (Lipinski definition) is 2. The maximum absolute atomic E-state index is 6.79. The smallest absolute Gasteiger partial charge is 0.0224 e. The van der Waals surface area contributed by atoms with E-state index in [1.165, 1.54) is 12.4 Å². The van der Waals surface area contributed by atoms with Gasteiger partial charge in [-0.2, -0.15) is 0 Å². The normalized spacial score (nSPS) is 11.4. The van der Waals surface area contributed by atoms with Crippen LogP contribution in [-0.2, 0) is 0 Å². The van der Waals surface area contributed by atoms with Crippen molar-refractivity contribution >= 4 is 6.21 Å². The molecule has 0 spiro atoms. The predicted octanol–water partition coefficient (Wildman–Crippen LogP) is 1.28. The average Bonchev–Trinajstić information content (AvgIpc) is 1.83. The molecule has 0 unspecified atom stereocenters. The highest BCUT2D eigenvalue weighted by molar-refractivity contribution is 5.75. The monoisotopic (exact) mass is 112 g/mol. The molecule has 8 heavy (non-hydrogen) atoms. The van der Waals surface area contributed by atoms with Gasteiger partial charge < -0.3 is 11.1 Å². The van der Waals surface area contributed by atoms with Crippen molar-refractivity contribution in [1.29, 1.82) is 5.41 Å². The fourth-order valence-electron chi connectivity index (χ4n) is 0.492. The molecule has 0 atom stereocenters. The minimum atomic E-state index is 0.910. The van der Waals surface area contributed by atoms with Crippen molar-refractivity contribution in [2.45, 2.75) is 19.8 Å². The first-order valence-corrected chi connectivity index (χ1v) is 2.76. The Morgan fingerprint density at radius 3 is 2.50 bits per heavy atom. The van der Waals surface area contributed by atoms with E-state index in [2.05, 4.69) is 6.92 Å². The van der Waals surface area contributed by atoms with Gasteiger partial charge in [-0.25, -0.2) is 0 Å². The van der Waals surface area contributed by atoms with Crippen molar-refractivity contribution in [3.63, 3.8) is 0 Å². The molecule has 0 fully saturated rings. The molecule has 0 aromatic carbocycles. The first-order chi connectivity index (χ1) is 3.85. The molecule has 0 heterocycles. The van der Waals surface area contributed by atoms with Gasteiger partial charge >= 0.3 is 0 Å². The average molecular weight is 112 g/mol. The molecule has 0 rings (SSSR count). The third kappa shape index (κ3) is 2.39. The van der Waals surface area contributed by atoms with Crippen molar-refractivity contribution < 1.29 is 0 Å². The summed E-state index contributed by atoms with van der Waals surface area (Å²) < 4.78 is 0. The van der Waals surface area contributed by atoms with Crippen molar-refractivity contribution in [3.05, 3.63) is 11.8 Å². The Balaban J connectivity index is 3.54. The van der Waals surface area contributed by atoms with Crippen molar-refractivity contribution in [2.24, 2.45) is 5.73 Å². The summed E-state index contributed by atoms with van der Waals surface area (Å²) in [7, 11) is 0. The van der Waals surface area contributed by atoms with Crippen LogP contribution in [-0.4, -0.2) is 6.21 Å². The zero-order chi connectivity index (χ0) is 6.41. The lowest BCUT2D eigenvalue weighted by molar-refractivity contribution is 0.935. The maximum atomic E-state index is 6.79. The summed E-state index contributed by atoms with van der Waals surface area (Å²) in [6.07, 6.45) is 4.75. The molecule has 0 radical (unpaired) electrons. The molecule has 0 saturated heterocycles. The van der Waals surface area contributed by atoms with Crippen LogP contribution in [0.5, 0.6) is 0 Å². The van der Waals surface area contributed by atoms with Crippen molar-refractivity contribution in [3.8, 4) is 0 Å². The van der Waals surface area contributed by atoms with Gasteiger partial charge in [0.2, 0.25) is 0 Å². The number of hydrogen-bond donors (Lipinski definition) is 2. The summed E-state index contributed by atoms with van der Waals surface area (Å²) in [5, 5.41) is 6.79. The number of allylic oxidation sites excluding steroid dienone is 1. The first kappa shape index (κ1) is 7.21. The molecule has 0 aliphatic carbocycles. The van der Waals surface area contributed by atoms with E-state index in [1.807, 2.05) is 0 Å². The predicted molar refractivity (Wildman–Crippen MR) is 36.0 cm³/mol. The summed E-state index contributed by atoms with van der Waals surface area (Å²) in [6, 6.07) is 0. The summed E-state index contributed by atoms with van der Waals surface area (Å²) in [4.78, 5) is 0. The molecule has 0 saturated carbocycles. The van der Waals surface area contributed by atoms with Gasteiger partial charge in [0.25, 0.3) is 0 Å². The number of rotatable bonds is 3. The van der Waals surface area contributed by atoms with Crippen LogP contribution in [0.1, 0.15) is 19.8 Å². The molecular formula is C6H12N2. The third-order valence-corrected chi connectivity index (χ3v) is 0.938. The lowest BCUT2D eigenvalue weighted by Crippen LogP contribution is -1.88. The van der Waals surface area contributed by atoms with Gasteiger partial charge in [0, 0.05) is 6.21 Å². The highest BCUT2D eigenvalue weighted by atomic mass is 14.5. The van der Waals surface area contributed by atoms with Crippen LogP contribution >= 0.6 is 0 Å². The van der Waals surface area contributed by atoms with Gasteiger partial charge in [-0.3, -0.25) is 0 Å². The van der Waals surface area contributed by atoms with Crippen LogP contribution < -0.4 is 5.73 Å². The third-order valence-electron chi connectivity index (χ3n) is 0.938. The van der Waals surface area contributed by atoms with Gasteiger partial charge in [-0.15, -0.1) is 0 Å². The molecule has 0 aromatic heterocycles. The topological polar surface area (TPSA) is 49.9 Å². The van der Waals surface area contributed by atoms with Crippen LogP contribution in [0.25, 0.3) is 0 Å². The van der Waals surface area contributed by atoms with E-state index in [1.54, 1.807) is 0 Å². The Morgan fingerprint density at radius 2 is 2.38 bits per heavy atom. The SMILES string of the molecule is CCC/C(C=N)=C/N. The second-order valence-corrected chi connectivity index (χ2v) is 1.64. The number of nitrogens with two attached hydrogens (primary N) is 1. The highest BCUT2D eigenvalue weighted by Crippen LogP contribution is 1.97. The fraction of sp³-hybridized carbons (Fsp3) is 0.500. The second-order valence-electron chi connectivity index (χ2n) is 1.64. The molecule has 3 N–H and O–H groups in total. The molecule has 0 aliphatic rings. The van der Waals surface area contributed by atoms with Crippen LogP contribution in [0.3, 0.4) is 0 Å². The molecule has 2 nitrogen and oxygen atoms in total. The summed E-state index contributed by atoms with van der Waals surface area (Å²) in [6.45, 7) is 2.06. The molecule has 0 amide bonds. The fourth-order valence-corrected chi connectivity index (χ4v) is 0.492. The molecule has 0 aliphatic heterocycles. The highest BCUT2D eigenvalue weighted by Gasteiger charge is 1.85. The van der Waals surface area contributed by atoms with E-state index in [4.69, 9.17) is 11.1 Å². The van der Waals surface area contributed by atoms with E-state index in [9.17, 15) is 0 Å². The van der Waals surface area contributed by atoms with Crippen LogP contribution in [0.15, 0.2) is 11.8 Å². The Hall–Kier alpha value is -0.790. The number of nitrogens with one attached hydrogen (secondary N) is 1. The lowest BCUT2D eigenvalue weighted by Gasteiger charge is -1.91. The zero-order valence-electron chi connectivity index (χ0n) is 5.15.